The van der Waals surface area contributed by atoms with Crippen molar-refractivity contribution in [1.29, 1.82) is 0 Å². The van der Waals surface area contributed by atoms with Crippen molar-refractivity contribution in [2.75, 3.05) is 20.1 Å². The van der Waals surface area contributed by atoms with Gasteiger partial charge in [0.25, 0.3) is 0 Å². The molecule has 2 N–H and O–H groups in total. The molecule has 6 heteroatoms. The van der Waals surface area contributed by atoms with Crippen LogP contribution in [0.15, 0.2) is 0 Å². The predicted molar refractivity (Wildman–Crippen MR) is 73.1 cm³/mol. The van der Waals surface area contributed by atoms with Gasteiger partial charge in [-0.15, -0.1) is 0 Å². The zero-order valence-electron chi connectivity index (χ0n) is 12.4. The van der Waals surface area contributed by atoms with Crippen molar-refractivity contribution < 1.29 is 14.7 Å². The molecule has 6 nitrogen and oxygen atoms in total. The number of hydrogen-bond donors (Lipinski definition) is 2. The van der Waals surface area contributed by atoms with Gasteiger partial charge in [-0.2, -0.15) is 0 Å². The van der Waals surface area contributed by atoms with Crippen LogP contribution < -0.4 is 5.32 Å². The predicted octanol–water partition coefficient (Wildman–Crippen LogP) is 0.830. The van der Waals surface area contributed by atoms with E-state index in [0.29, 0.717) is 13.1 Å². The van der Waals surface area contributed by atoms with E-state index in [4.69, 9.17) is 5.11 Å². The summed E-state index contributed by atoms with van der Waals surface area (Å²) in [5.41, 5.74) is 0. The second-order valence-corrected chi connectivity index (χ2v) is 5.78. The van der Waals surface area contributed by atoms with Gasteiger partial charge in [-0.05, 0) is 26.8 Å². The smallest absolute Gasteiger partial charge is 0.326 e. The Bertz CT molecular complexity index is 334. The molecular formula is C13H25N3O3. The number of urea groups is 1. The van der Waals surface area contributed by atoms with E-state index >= 15 is 0 Å². The van der Waals surface area contributed by atoms with E-state index in [1.165, 1.54) is 0 Å². The number of likely N-dealkylation sites (N-methyl/N-ethyl adjacent to an activating group) is 1. The van der Waals surface area contributed by atoms with Crippen LogP contribution in [0.25, 0.3) is 0 Å². The minimum atomic E-state index is -0.987. The summed E-state index contributed by atoms with van der Waals surface area (Å²) in [6.45, 7) is 8.94. The molecule has 0 aromatic rings. The first-order valence-electron chi connectivity index (χ1n) is 6.74. The molecule has 2 amide bonds. The highest BCUT2D eigenvalue weighted by atomic mass is 16.4. The Morgan fingerprint density at radius 2 is 1.68 bits per heavy atom. The zero-order valence-corrected chi connectivity index (χ0v) is 12.4. The normalized spacial score (nSPS) is 26.3. The minimum absolute atomic E-state index is 0.135. The Balaban J connectivity index is 2.65. The number of carboxylic acid groups (broad SMARTS) is 1. The van der Waals surface area contributed by atoms with Crippen LogP contribution in [0.3, 0.4) is 0 Å². The fourth-order valence-corrected chi connectivity index (χ4v) is 2.31. The Labute approximate surface area is 114 Å². The average Bonchev–Trinajstić information content (AvgIpc) is 2.31. The molecule has 0 aromatic carbocycles. The quantitative estimate of drug-likeness (QED) is 0.797. The van der Waals surface area contributed by atoms with Gasteiger partial charge in [0.1, 0.15) is 6.04 Å². The van der Waals surface area contributed by atoms with Gasteiger partial charge in [-0.25, -0.2) is 9.59 Å². The third-order valence-electron chi connectivity index (χ3n) is 3.86. The largest absolute Gasteiger partial charge is 0.480 e. The van der Waals surface area contributed by atoms with Crippen molar-refractivity contribution in [3.05, 3.63) is 0 Å². The summed E-state index contributed by atoms with van der Waals surface area (Å²) in [4.78, 5) is 27.2. The van der Waals surface area contributed by atoms with Gasteiger partial charge in [0.15, 0.2) is 0 Å². The first-order valence-corrected chi connectivity index (χ1v) is 6.74. The summed E-state index contributed by atoms with van der Waals surface area (Å²) in [5, 5.41) is 11.7. The standard InChI is InChI=1S/C13H25N3O3/c1-8(2)11(12(17)18)14-13(19)16-6-9(3)15(5)10(4)7-16/h8-11H,6-7H2,1-5H3,(H,14,19)(H,17,18). The summed E-state index contributed by atoms with van der Waals surface area (Å²) < 4.78 is 0. The lowest BCUT2D eigenvalue weighted by Crippen LogP contribution is -2.60. The third-order valence-corrected chi connectivity index (χ3v) is 3.86. The summed E-state index contributed by atoms with van der Waals surface area (Å²) in [7, 11) is 2.04. The first-order chi connectivity index (χ1) is 8.73. The molecule has 0 aliphatic carbocycles. The minimum Gasteiger partial charge on any atom is -0.480 e. The number of carboxylic acids is 1. The van der Waals surface area contributed by atoms with Gasteiger partial charge in [0, 0.05) is 25.2 Å². The van der Waals surface area contributed by atoms with Crippen LogP contribution in [-0.2, 0) is 4.79 Å². The number of carbonyl (C=O) groups is 2. The molecule has 0 aromatic heterocycles. The molecule has 0 bridgehead atoms. The number of hydrogen-bond acceptors (Lipinski definition) is 3. The van der Waals surface area contributed by atoms with Crippen LogP contribution in [0.4, 0.5) is 4.79 Å². The molecule has 3 unspecified atom stereocenters. The zero-order chi connectivity index (χ0) is 14.7. The highest BCUT2D eigenvalue weighted by Crippen LogP contribution is 2.14. The van der Waals surface area contributed by atoms with Crippen LogP contribution in [0.2, 0.25) is 0 Å². The Hall–Kier alpha value is -1.30. The molecule has 1 aliphatic rings. The summed E-state index contributed by atoms with van der Waals surface area (Å²) in [6.07, 6.45) is 0. The van der Waals surface area contributed by atoms with Crippen LogP contribution in [0.5, 0.6) is 0 Å². The first kappa shape index (κ1) is 15.8. The van der Waals surface area contributed by atoms with Crippen LogP contribution >= 0.6 is 0 Å². The van der Waals surface area contributed by atoms with Gasteiger partial charge >= 0.3 is 12.0 Å². The monoisotopic (exact) mass is 271 g/mol. The molecule has 0 radical (unpaired) electrons. The van der Waals surface area contributed by atoms with Crippen molar-refractivity contribution in [3.63, 3.8) is 0 Å². The fourth-order valence-electron chi connectivity index (χ4n) is 2.31. The van der Waals surface area contributed by atoms with E-state index in [9.17, 15) is 9.59 Å². The van der Waals surface area contributed by atoms with Crippen molar-refractivity contribution in [1.82, 2.24) is 15.1 Å². The lowest BCUT2D eigenvalue weighted by molar-refractivity contribution is -0.140. The number of nitrogens with zero attached hydrogens (tertiary/aromatic N) is 2. The Morgan fingerprint density at radius 1 is 1.21 bits per heavy atom. The average molecular weight is 271 g/mol. The van der Waals surface area contributed by atoms with Crippen LogP contribution in [-0.4, -0.2) is 65.2 Å². The molecule has 0 spiro atoms. The molecule has 110 valence electrons. The molecule has 1 aliphatic heterocycles. The van der Waals surface area contributed by atoms with E-state index in [-0.39, 0.29) is 24.0 Å². The lowest BCUT2D eigenvalue weighted by Gasteiger charge is -2.42. The van der Waals surface area contributed by atoms with Crippen LogP contribution in [0, 0.1) is 5.92 Å². The highest BCUT2D eigenvalue weighted by molar-refractivity contribution is 5.82. The summed E-state index contributed by atoms with van der Waals surface area (Å²) in [5.74, 6) is -1.12. The maximum atomic E-state index is 12.1. The number of rotatable bonds is 3. The molecular weight excluding hydrogens is 246 g/mol. The van der Waals surface area contributed by atoms with E-state index < -0.39 is 12.0 Å². The number of nitrogens with one attached hydrogen (secondary N) is 1. The van der Waals surface area contributed by atoms with Gasteiger partial charge in [0.05, 0.1) is 0 Å². The van der Waals surface area contributed by atoms with E-state index in [0.717, 1.165) is 0 Å². The van der Waals surface area contributed by atoms with Crippen molar-refractivity contribution in [3.8, 4) is 0 Å². The van der Waals surface area contributed by atoms with Gasteiger partial charge < -0.3 is 15.3 Å². The maximum Gasteiger partial charge on any atom is 0.326 e. The highest BCUT2D eigenvalue weighted by Gasteiger charge is 2.32. The Kier molecular flexibility index (Phi) is 5.17. The summed E-state index contributed by atoms with van der Waals surface area (Å²) in [6, 6.07) is -0.570. The van der Waals surface area contributed by atoms with Gasteiger partial charge in [-0.3, -0.25) is 4.90 Å². The number of piperazine rings is 1. The molecule has 19 heavy (non-hydrogen) atoms. The van der Waals surface area contributed by atoms with E-state index in [1.807, 2.05) is 7.05 Å². The molecule has 1 saturated heterocycles. The molecule has 1 rings (SSSR count). The van der Waals surface area contributed by atoms with E-state index in [2.05, 4.69) is 24.1 Å². The van der Waals surface area contributed by atoms with Gasteiger partial charge in [-0.1, -0.05) is 13.8 Å². The molecule has 0 saturated carbocycles. The number of amides is 2. The maximum absolute atomic E-state index is 12.1. The molecule has 3 atom stereocenters. The third kappa shape index (κ3) is 3.83. The van der Waals surface area contributed by atoms with Crippen molar-refractivity contribution >= 4 is 12.0 Å². The summed E-state index contributed by atoms with van der Waals surface area (Å²) >= 11 is 0. The van der Waals surface area contributed by atoms with Crippen molar-refractivity contribution in [2.24, 2.45) is 5.92 Å². The Morgan fingerprint density at radius 3 is 2.05 bits per heavy atom. The van der Waals surface area contributed by atoms with E-state index in [1.54, 1.807) is 18.7 Å². The second-order valence-electron chi connectivity index (χ2n) is 5.78. The van der Waals surface area contributed by atoms with Gasteiger partial charge in [0.2, 0.25) is 0 Å². The molecule has 1 heterocycles. The topological polar surface area (TPSA) is 72.9 Å². The SMILES string of the molecule is CC(C)C(NC(=O)N1CC(C)N(C)C(C)C1)C(=O)O. The number of carbonyl (C=O) groups excluding carboxylic acids is 1. The number of aliphatic carboxylic acids is 1. The lowest BCUT2D eigenvalue weighted by atomic mass is 10.0. The van der Waals surface area contributed by atoms with Crippen molar-refractivity contribution in [2.45, 2.75) is 45.8 Å². The second kappa shape index (κ2) is 6.23. The fraction of sp³-hybridized carbons (Fsp3) is 0.846. The molecule has 1 fully saturated rings. The van der Waals surface area contributed by atoms with Crippen LogP contribution in [0.1, 0.15) is 27.7 Å².